The third kappa shape index (κ3) is 2.49. The van der Waals surface area contributed by atoms with E-state index in [-0.39, 0.29) is 5.91 Å². The molecular formula is C14H18BrN3O. The van der Waals surface area contributed by atoms with Crippen LogP contribution in [0.15, 0.2) is 22.7 Å². The predicted molar refractivity (Wildman–Crippen MR) is 79.4 cm³/mol. The first-order chi connectivity index (χ1) is 9.15. The highest BCUT2D eigenvalue weighted by Crippen LogP contribution is 2.33. The van der Waals surface area contributed by atoms with Gasteiger partial charge in [0.05, 0.1) is 5.69 Å². The number of hydrogen-bond donors (Lipinski definition) is 2. The minimum Gasteiger partial charge on any atom is -0.369 e. The fourth-order valence-corrected chi connectivity index (χ4v) is 3.79. The van der Waals surface area contributed by atoms with Crippen molar-refractivity contribution in [1.82, 2.24) is 5.32 Å². The highest BCUT2D eigenvalue weighted by Gasteiger charge is 2.34. The van der Waals surface area contributed by atoms with Gasteiger partial charge in [-0.15, -0.1) is 0 Å². The lowest BCUT2D eigenvalue weighted by Crippen LogP contribution is -2.40. The van der Waals surface area contributed by atoms with Crippen LogP contribution in [0.5, 0.6) is 0 Å². The number of primary amides is 1. The molecule has 3 N–H and O–H groups in total. The number of carbonyl (C=O) groups excluding carboxylic acids is 1. The topological polar surface area (TPSA) is 58.4 Å². The molecule has 4 nitrogen and oxygen atoms in total. The average Bonchev–Trinajstić information content (AvgIpc) is 2.81. The Labute approximate surface area is 121 Å². The van der Waals surface area contributed by atoms with Crippen molar-refractivity contribution in [1.29, 1.82) is 0 Å². The second kappa shape index (κ2) is 5.13. The van der Waals surface area contributed by atoms with Gasteiger partial charge in [0, 0.05) is 29.2 Å². The summed E-state index contributed by atoms with van der Waals surface area (Å²) in [5.41, 5.74) is 7.00. The normalized spacial score (nSPS) is 26.3. The number of benzene rings is 1. The zero-order chi connectivity index (χ0) is 13.4. The fraction of sp³-hybridized carbons (Fsp3) is 0.500. The molecule has 102 valence electrons. The zero-order valence-corrected chi connectivity index (χ0v) is 12.3. The van der Waals surface area contributed by atoms with Gasteiger partial charge < -0.3 is 16.0 Å². The summed E-state index contributed by atoms with van der Waals surface area (Å²) in [7, 11) is 0. The van der Waals surface area contributed by atoms with Gasteiger partial charge in [-0.2, -0.15) is 0 Å². The third-order valence-electron chi connectivity index (χ3n) is 4.17. The largest absolute Gasteiger partial charge is 0.369 e. The second-order valence-corrected chi connectivity index (χ2v) is 6.25. The Balaban J connectivity index is 1.81. The van der Waals surface area contributed by atoms with Crippen molar-refractivity contribution in [2.45, 2.75) is 18.9 Å². The molecule has 0 bridgehead atoms. The molecule has 0 unspecified atom stereocenters. The highest BCUT2D eigenvalue weighted by molar-refractivity contribution is 9.10. The number of carbonyl (C=O) groups is 1. The first kappa shape index (κ1) is 12.9. The minimum absolute atomic E-state index is 0.385. The molecule has 2 saturated heterocycles. The maximum atomic E-state index is 11.2. The number of hydrogen-bond acceptors (Lipinski definition) is 3. The van der Waals surface area contributed by atoms with E-state index in [1.165, 1.54) is 12.8 Å². The van der Waals surface area contributed by atoms with E-state index in [1.807, 2.05) is 12.1 Å². The summed E-state index contributed by atoms with van der Waals surface area (Å²) in [6, 6.07) is 6.21. The maximum absolute atomic E-state index is 11.2. The summed E-state index contributed by atoms with van der Waals surface area (Å²) >= 11 is 3.55. The molecule has 3 rings (SSSR count). The summed E-state index contributed by atoms with van der Waals surface area (Å²) in [5.74, 6) is 0.362. The lowest BCUT2D eigenvalue weighted by Gasteiger charge is -2.24. The molecule has 0 spiro atoms. The van der Waals surface area contributed by atoms with Crippen LogP contribution < -0.4 is 16.0 Å². The zero-order valence-electron chi connectivity index (χ0n) is 10.7. The standard InChI is InChI=1S/C14H18BrN3O/c15-11-6-9(14(16)19)3-4-13(11)18-7-10-2-1-5-17-12(10)8-18/h3-4,6,10,12,17H,1-2,5,7-8H2,(H2,16,19)/t10-,12+/m0/s1. The van der Waals surface area contributed by atoms with Gasteiger partial charge in [0.15, 0.2) is 0 Å². The summed E-state index contributed by atoms with van der Waals surface area (Å²) in [5, 5.41) is 3.60. The molecule has 2 aliphatic rings. The predicted octanol–water partition coefficient (Wildman–Crippen LogP) is 1.74. The Morgan fingerprint density at radius 3 is 2.95 bits per heavy atom. The molecule has 1 amide bonds. The van der Waals surface area contributed by atoms with Crippen molar-refractivity contribution in [3.63, 3.8) is 0 Å². The van der Waals surface area contributed by atoms with Gasteiger partial charge in [0.1, 0.15) is 0 Å². The lowest BCUT2D eigenvalue weighted by molar-refractivity contribution is 0.100. The van der Waals surface area contributed by atoms with Gasteiger partial charge in [-0.3, -0.25) is 4.79 Å². The van der Waals surface area contributed by atoms with Crippen LogP contribution in [0, 0.1) is 5.92 Å². The summed E-state index contributed by atoms with van der Waals surface area (Å²) in [6.07, 6.45) is 2.59. The molecule has 19 heavy (non-hydrogen) atoms. The van der Waals surface area contributed by atoms with Crippen LogP contribution in [-0.4, -0.2) is 31.6 Å². The number of rotatable bonds is 2. The van der Waals surface area contributed by atoms with Crippen LogP contribution in [-0.2, 0) is 0 Å². The van der Waals surface area contributed by atoms with Crippen LogP contribution in [0.25, 0.3) is 0 Å². The molecule has 5 heteroatoms. The van der Waals surface area contributed by atoms with Crippen LogP contribution in [0.4, 0.5) is 5.69 Å². The average molecular weight is 324 g/mol. The Morgan fingerprint density at radius 2 is 2.26 bits per heavy atom. The van der Waals surface area contributed by atoms with Crippen LogP contribution in [0.2, 0.25) is 0 Å². The molecule has 1 aromatic carbocycles. The van der Waals surface area contributed by atoms with Gasteiger partial charge in [0.25, 0.3) is 0 Å². The van der Waals surface area contributed by atoms with E-state index >= 15 is 0 Å². The molecule has 2 atom stereocenters. The smallest absolute Gasteiger partial charge is 0.248 e. The van der Waals surface area contributed by atoms with Crippen LogP contribution in [0.1, 0.15) is 23.2 Å². The van der Waals surface area contributed by atoms with E-state index in [2.05, 4.69) is 26.1 Å². The van der Waals surface area contributed by atoms with Crippen molar-refractivity contribution in [2.24, 2.45) is 11.7 Å². The van der Waals surface area contributed by atoms with Gasteiger partial charge >= 0.3 is 0 Å². The van der Waals surface area contributed by atoms with Crippen LogP contribution in [0.3, 0.4) is 0 Å². The molecule has 0 aliphatic carbocycles. The number of nitrogens with two attached hydrogens (primary N) is 1. The maximum Gasteiger partial charge on any atom is 0.248 e. The first-order valence-electron chi connectivity index (χ1n) is 6.73. The first-order valence-corrected chi connectivity index (χ1v) is 7.52. The number of nitrogens with zero attached hydrogens (tertiary/aromatic N) is 1. The summed E-state index contributed by atoms with van der Waals surface area (Å²) < 4.78 is 0.947. The Hall–Kier alpha value is -1.07. The molecular weight excluding hydrogens is 306 g/mol. The minimum atomic E-state index is -0.385. The van der Waals surface area contributed by atoms with Crippen molar-refractivity contribution in [2.75, 3.05) is 24.5 Å². The molecule has 0 saturated carbocycles. The number of halogens is 1. The Bertz CT molecular complexity index is 491. The van der Waals surface area contributed by atoms with Gasteiger partial charge in [-0.25, -0.2) is 0 Å². The van der Waals surface area contributed by atoms with Crippen molar-refractivity contribution in [3.05, 3.63) is 28.2 Å². The number of amides is 1. The molecule has 2 aliphatic heterocycles. The van der Waals surface area contributed by atoms with Crippen molar-refractivity contribution in [3.8, 4) is 0 Å². The van der Waals surface area contributed by atoms with Gasteiger partial charge in [-0.05, 0) is 59.4 Å². The molecule has 0 radical (unpaired) electrons. The van der Waals surface area contributed by atoms with E-state index in [0.29, 0.717) is 11.6 Å². The molecule has 0 aromatic heterocycles. The second-order valence-electron chi connectivity index (χ2n) is 5.40. The van der Waals surface area contributed by atoms with Gasteiger partial charge in [-0.1, -0.05) is 0 Å². The monoisotopic (exact) mass is 323 g/mol. The molecule has 2 heterocycles. The van der Waals surface area contributed by atoms with E-state index in [1.54, 1.807) is 6.07 Å². The number of nitrogens with one attached hydrogen (secondary N) is 1. The number of piperidine rings is 1. The molecule has 2 fully saturated rings. The lowest BCUT2D eigenvalue weighted by atomic mass is 9.94. The van der Waals surface area contributed by atoms with E-state index in [0.717, 1.165) is 35.7 Å². The number of fused-ring (bicyclic) bond motifs is 1. The van der Waals surface area contributed by atoms with E-state index in [4.69, 9.17) is 5.73 Å². The Kier molecular flexibility index (Phi) is 3.50. The summed E-state index contributed by atoms with van der Waals surface area (Å²) in [6.45, 7) is 3.27. The van der Waals surface area contributed by atoms with Gasteiger partial charge in [0.2, 0.25) is 5.91 Å². The summed E-state index contributed by atoms with van der Waals surface area (Å²) in [4.78, 5) is 13.6. The fourth-order valence-electron chi connectivity index (χ4n) is 3.16. The van der Waals surface area contributed by atoms with Crippen molar-refractivity contribution < 1.29 is 4.79 Å². The number of anilines is 1. The van der Waals surface area contributed by atoms with E-state index in [9.17, 15) is 4.79 Å². The van der Waals surface area contributed by atoms with Crippen LogP contribution >= 0.6 is 15.9 Å². The SMILES string of the molecule is NC(=O)c1ccc(N2C[C@@H]3CCCN[C@@H]3C2)c(Br)c1. The molecule has 1 aromatic rings. The highest BCUT2D eigenvalue weighted by atomic mass is 79.9. The quantitative estimate of drug-likeness (QED) is 0.871. The third-order valence-corrected chi connectivity index (χ3v) is 4.81. The Morgan fingerprint density at radius 1 is 1.42 bits per heavy atom. The van der Waals surface area contributed by atoms with E-state index < -0.39 is 0 Å². The van der Waals surface area contributed by atoms with Crippen molar-refractivity contribution >= 4 is 27.5 Å².